The van der Waals surface area contributed by atoms with Gasteiger partial charge in [0, 0.05) is 44.4 Å². The van der Waals surface area contributed by atoms with Crippen LogP contribution in [0.1, 0.15) is 11.1 Å². The maximum Gasteiger partial charge on any atom is 0.261 e. The lowest BCUT2D eigenvalue weighted by Crippen LogP contribution is -2.46. The monoisotopic (exact) mass is 458 g/mol. The van der Waals surface area contributed by atoms with Crippen LogP contribution < -0.4 is 9.62 Å². The van der Waals surface area contributed by atoms with E-state index in [1.807, 2.05) is 6.92 Å². The number of rotatable bonds is 6. The van der Waals surface area contributed by atoms with Gasteiger partial charge in [0.1, 0.15) is 17.5 Å². The van der Waals surface area contributed by atoms with E-state index >= 15 is 0 Å². The molecule has 6 nitrogen and oxygen atoms in total. The van der Waals surface area contributed by atoms with Crippen molar-refractivity contribution in [1.29, 1.82) is 0 Å². The Morgan fingerprint density at radius 3 is 2.31 bits per heavy atom. The minimum Gasteiger partial charge on any atom is -0.354 e. The molecule has 3 aromatic rings. The Morgan fingerprint density at radius 2 is 1.69 bits per heavy atom. The minimum absolute atomic E-state index is 0.195. The molecule has 0 radical (unpaired) electrons. The van der Waals surface area contributed by atoms with Crippen LogP contribution in [0.4, 0.5) is 20.3 Å². The molecule has 1 aromatic heterocycles. The summed E-state index contributed by atoms with van der Waals surface area (Å²) >= 11 is 0. The molecular weight excluding hydrogens is 434 g/mol. The number of anilines is 2. The summed E-state index contributed by atoms with van der Waals surface area (Å²) in [6, 6.07) is 13.8. The minimum atomic E-state index is -3.68. The van der Waals surface area contributed by atoms with E-state index in [4.69, 9.17) is 0 Å². The molecule has 0 atom stereocenters. The number of hydrogen-bond acceptors (Lipinski definition) is 5. The Kier molecular flexibility index (Phi) is 6.38. The Balaban J connectivity index is 1.34. The van der Waals surface area contributed by atoms with Crippen molar-refractivity contribution < 1.29 is 17.2 Å². The smallest absolute Gasteiger partial charge is 0.261 e. The second-order valence-corrected chi connectivity index (χ2v) is 9.50. The van der Waals surface area contributed by atoms with Gasteiger partial charge in [0.2, 0.25) is 0 Å². The molecule has 168 valence electrons. The summed E-state index contributed by atoms with van der Waals surface area (Å²) < 4.78 is 54.6. The first-order chi connectivity index (χ1) is 15.3. The fourth-order valence-electron chi connectivity index (χ4n) is 3.59. The zero-order chi connectivity index (χ0) is 22.7. The summed E-state index contributed by atoms with van der Waals surface area (Å²) in [5.41, 5.74) is 1.85. The Morgan fingerprint density at radius 1 is 0.969 bits per heavy atom. The summed E-state index contributed by atoms with van der Waals surface area (Å²) in [6.45, 7) is 5.13. The van der Waals surface area contributed by atoms with Crippen LogP contribution in [0.5, 0.6) is 0 Å². The van der Waals surface area contributed by atoms with E-state index in [0.717, 1.165) is 17.4 Å². The second kappa shape index (κ2) is 9.22. The highest BCUT2D eigenvalue weighted by Gasteiger charge is 2.20. The van der Waals surface area contributed by atoms with Crippen molar-refractivity contribution in [3.05, 3.63) is 83.6 Å². The fourth-order valence-corrected chi connectivity index (χ4v) is 4.63. The molecule has 1 N–H and O–H groups in total. The van der Waals surface area contributed by atoms with Crippen molar-refractivity contribution in [3.63, 3.8) is 0 Å². The quantitative estimate of drug-likeness (QED) is 0.609. The van der Waals surface area contributed by atoms with Crippen LogP contribution in [0.25, 0.3) is 0 Å². The zero-order valence-corrected chi connectivity index (χ0v) is 18.4. The second-order valence-electron chi connectivity index (χ2n) is 7.82. The summed E-state index contributed by atoms with van der Waals surface area (Å²) in [5.74, 6) is -0.361. The van der Waals surface area contributed by atoms with E-state index in [9.17, 15) is 17.2 Å². The number of piperazine rings is 1. The number of nitrogens with one attached hydrogen (secondary N) is 1. The van der Waals surface area contributed by atoms with Crippen molar-refractivity contribution >= 4 is 21.5 Å². The standard InChI is InChI=1S/C23H24F2N4O2S/c1-17-2-7-21(8-3-17)32(30,31)27-20-6-9-23(26-15-20)29-12-10-28(11-13-29)16-18-4-5-19(24)14-22(18)25/h2-9,14-15,27H,10-13,16H2,1H3. The van der Waals surface area contributed by atoms with Crippen LogP contribution in [0.2, 0.25) is 0 Å². The number of halogens is 2. The average Bonchev–Trinajstić information content (AvgIpc) is 2.77. The van der Waals surface area contributed by atoms with Crippen LogP contribution in [0.3, 0.4) is 0 Å². The average molecular weight is 459 g/mol. The third-order valence-electron chi connectivity index (χ3n) is 5.44. The summed E-state index contributed by atoms with van der Waals surface area (Å²) in [7, 11) is -3.68. The van der Waals surface area contributed by atoms with Crippen molar-refractivity contribution in [2.75, 3.05) is 35.8 Å². The lowest BCUT2D eigenvalue weighted by atomic mass is 10.2. The predicted octanol–water partition coefficient (Wildman–Crippen LogP) is 3.79. The van der Waals surface area contributed by atoms with Gasteiger partial charge in [-0.25, -0.2) is 22.2 Å². The topological polar surface area (TPSA) is 65.5 Å². The first kappa shape index (κ1) is 22.2. The molecule has 0 unspecified atom stereocenters. The van der Waals surface area contributed by atoms with E-state index in [2.05, 4.69) is 19.5 Å². The van der Waals surface area contributed by atoms with Gasteiger partial charge >= 0.3 is 0 Å². The van der Waals surface area contributed by atoms with Gasteiger partial charge in [-0.1, -0.05) is 23.8 Å². The molecule has 32 heavy (non-hydrogen) atoms. The number of hydrogen-bond donors (Lipinski definition) is 1. The van der Waals surface area contributed by atoms with Gasteiger partial charge in [0.15, 0.2) is 0 Å². The molecule has 0 spiro atoms. The Labute approximate surface area is 186 Å². The van der Waals surface area contributed by atoms with Crippen LogP contribution in [0.15, 0.2) is 65.7 Å². The number of aromatic nitrogens is 1. The van der Waals surface area contributed by atoms with Gasteiger partial charge < -0.3 is 4.90 Å². The molecule has 1 aliphatic rings. The summed E-state index contributed by atoms with van der Waals surface area (Å²) in [5, 5.41) is 0. The van der Waals surface area contributed by atoms with Crippen LogP contribution >= 0.6 is 0 Å². The van der Waals surface area contributed by atoms with Crippen LogP contribution in [-0.2, 0) is 16.6 Å². The van der Waals surface area contributed by atoms with Crippen LogP contribution in [-0.4, -0.2) is 44.5 Å². The molecule has 0 amide bonds. The van der Waals surface area contributed by atoms with Gasteiger partial charge in [-0.15, -0.1) is 0 Å². The van der Waals surface area contributed by atoms with Crippen molar-refractivity contribution in [1.82, 2.24) is 9.88 Å². The van der Waals surface area contributed by atoms with Gasteiger partial charge in [0.05, 0.1) is 16.8 Å². The van der Waals surface area contributed by atoms with Crippen LogP contribution in [0, 0.1) is 18.6 Å². The highest BCUT2D eigenvalue weighted by atomic mass is 32.2. The molecule has 0 bridgehead atoms. The number of sulfonamides is 1. The molecule has 1 saturated heterocycles. The zero-order valence-electron chi connectivity index (χ0n) is 17.6. The molecule has 0 aliphatic carbocycles. The van der Waals surface area contributed by atoms with E-state index in [0.29, 0.717) is 44.0 Å². The molecule has 1 fully saturated rings. The van der Waals surface area contributed by atoms with Gasteiger partial charge in [-0.05, 0) is 37.3 Å². The highest BCUT2D eigenvalue weighted by molar-refractivity contribution is 7.92. The molecular formula is C23H24F2N4O2S. The lowest BCUT2D eigenvalue weighted by molar-refractivity contribution is 0.246. The maximum atomic E-state index is 13.9. The maximum absolute atomic E-state index is 13.9. The Hall–Kier alpha value is -3.04. The van der Waals surface area contributed by atoms with Gasteiger partial charge in [0.25, 0.3) is 10.0 Å². The predicted molar refractivity (Wildman–Crippen MR) is 120 cm³/mol. The molecule has 1 aliphatic heterocycles. The fraction of sp³-hybridized carbons (Fsp3) is 0.261. The Bertz CT molecular complexity index is 1180. The molecule has 0 saturated carbocycles. The van der Waals surface area contributed by atoms with E-state index in [-0.39, 0.29) is 4.90 Å². The van der Waals surface area contributed by atoms with Crippen molar-refractivity contribution in [2.45, 2.75) is 18.4 Å². The third kappa shape index (κ3) is 5.23. The highest BCUT2D eigenvalue weighted by Crippen LogP contribution is 2.20. The molecule has 4 rings (SSSR count). The van der Waals surface area contributed by atoms with Crippen molar-refractivity contribution in [2.24, 2.45) is 0 Å². The summed E-state index contributed by atoms with van der Waals surface area (Å²) in [6.07, 6.45) is 1.50. The SMILES string of the molecule is Cc1ccc(S(=O)(=O)Nc2ccc(N3CCN(Cc4ccc(F)cc4F)CC3)nc2)cc1. The van der Waals surface area contributed by atoms with E-state index < -0.39 is 21.7 Å². The summed E-state index contributed by atoms with van der Waals surface area (Å²) in [4.78, 5) is 8.80. The van der Waals surface area contributed by atoms with E-state index in [1.165, 1.54) is 18.3 Å². The molecule has 9 heteroatoms. The molecule has 2 aromatic carbocycles. The third-order valence-corrected chi connectivity index (χ3v) is 6.83. The molecule has 2 heterocycles. The number of aryl methyl sites for hydroxylation is 1. The normalized spacial score (nSPS) is 15.0. The lowest BCUT2D eigenvalue weighted by Gasteiger charge is -2.35. The number of pyridine rings is 1. The van der Waals surface area contributed by atoms with E-state index in [1.54, 1.807) is 36.4 Å². The van der Waals surface area contributed by atoms with Gasteiger partial charge in [-0.3, -0.25) is 9.62 Å². The first-order valence-corrected chi connectivity index (χ1v) is 11.8. The van der Waals surface area contributed by atoms with Crippen molar-refractivity contribution in [3.8, 4) is 0 Å². The largest absolute Gasteiger partial charge is 0.354 e. The number of benzene rings is 2. The van der Waals surface area contributed by atoms with Gasteiger partial charge in [-0.2, -0.15) is 0 Å². The number of nitrogens with zero attached hydrogens (tertiary/aromatic N) is 3. The first-order valence-electron chi connectivity index (χ1n) is 10.3.